The number of hydrogen-bond donors (Lipinski definition) is 2. The molecule has 4 rings (SSSR count). The van der Waals surface area contributed by atoms with Crippen LogP contribution in [-0.2, 0) is 21.2 Å². The Kier molecular flexibility index (Phi) is 6.65. The Morgan fingerprint density at radius 1 is 1.09 bits per heavy atom. The van der Waals surface area contributed by atoms with E-state index in [1.807, 2.05) is 4.90 Å². The van der Waals surface area contributed by atoms with Crippen molar-refractivity contribution in [3.8, 4) is 0 Å². The molecule has 1 atom stereocenters. The van der Waals surface area contributed by atoms with Crippen molar-refractivity contribution in [3.05, 3.63) is 52.5 Å². The minimum absolute atomic E-state index is 0.0263. The van der Waals surface area contributed by atoms with Gasteiger partial charge in [0.05, 0.1) is 10.9 Å². The minimum Gasteiger partial charge on any atom is -0.324 e. The van der Waals surface area contributed by atoms with E-state index < -0.39 is 22.0 Å². The van der Waals surface area contributed by atoms with Crippen molar-refractivity contribution in [1.82, 2.24) is 9.62 Å². The summed E-state index contributed by atoms with van der Waals surface area (Å²) in [5.41, 5.74) is 2.78. The second kappa shape index (κ2) is 9.32. The van der Waals surface area contributed by atoms with Crippen LogP contribution in [-0.4, -0.2) is 50.9 Å². The van der Waals surface area contributed by atoms with E-state index in [9.17, 15) is 18.0 Å². The van der Waals surface area contributed by atoms with Crippen LogP contribution in [0.25, 0.3) is 0 Å². The molecule has 3 amide bonds. The first-order chi connectivity index (χ1) is 15.7. The molecule has 10 heteroatoms. The summed E-state index contributed by atoms with van der Waals surface area (Å²) >= 11 is 6.09. The molecular formula is C23H27ClN4O4S. The number of nitrogens with one attached hydrogen (secondary N) is 2. The van der Waals surface area contributed by atoms with E-state index in [2.05, 4.69) is 10.0 Å². The van der Waals surface area contributed by atoms with Crippen LogP contribution in [0.5, 0.6) is 0 Å². The van der Waals surface area contributed by atoms with Crippen molar-refractivity contribution in [2.45, 2.75) is 44.0 Å². The second-order valence-corrected chi connectivity index (χ2v) is 10.5. The molecule has 0 spiro atoms. The molecule has 33 heavy (non-hydrogen) atoms. The van der Waals surface area contributed by atoms with Gasteiger partial charge in [0.15, 0.2) is 0 Å². The molecule has 2 aliphatic rings. The van der Waals surface area contributed by atoms with E-state index in [0.29, 0.717) is 29.2 Å². The summed E-state index contributed by atoms with van der Waals surface area (Å²) in [4.78, 5) is 29.0. The Morgan fingerprint density at radius 2 is 1.82 bits per heavy atom. The van der Waals surface area contributed by atoms with Gasteiger partial charge in [-0.05, 0) is 74.6 Å². The number of carbonyl (C=O) groups excluding carboxylic acids is 2. The molecule has 2 N–H and O–H groups in total. The van der Waals surface area contributed by atoms with E-state index in [-0.39, 0.29) is 10.9 Å². The third-order valence-electron chi connectivity index (χ3n) is 6.12. The van der Waals surface area contributed by atoms with E-state index in [1.165, 1.54) is 13.0 Å². The topological polar surface area (TPSA) is 98.8 Å². The molecule has 2 aromatic rings. The molecule has 2 aromatic carbocycles. The Morgan fingerprint density at radius 3 is 2.55 bits per heavy atom. The fraction of sp³-hybridized carbons (Fsp3) is 0.391. The molecule has 2 heterocycles. The lowest BCUT2D eigenvalue weighted by Gasteiger charge is -2.24. The Balaban J connectivity index is 1.46. The molecule has 1 fully saturated rings. The fourth-order valence-corrected chi connectivity index (χ4v) is 5.59. The van der Waals surface area contributed by atoms with Gasteiger partial charge in [-0.1, -0.05) is 17.7 Å². The predicted molar refractivity (Wildman–Crippen MR) is 128 cm³/mol. The number of carbonyl (C=O) groups is 2. The first-order valence-electron chi connectivity index (χ1n) is 10.9. The quantitative estimate of drug-likeness (QED) is 0.669. The summed E-state index contributed by atoms with van der Waals surface area (Å²) < 4.78 is 28.3. The van der Waals surface area contributed by atoms with Gasteiger partial charge >= 0.3 is 6.03 Å². The number of urea groups is 1. The van der Waals surface area contributed by atoms with E-state index in [4.69, 9.17) is 11.6 Å². The Hall–Kier alpha value is -2.62. The number of hydrogen-bond acceptors (Lipinski definition) is 4. The summed E-state index contributed by atoms with van der Waals surface area (Å²) in [7, 11) is -3.94. The van der Waals surface area contributed by atoms with Gasteiger partial charge in [0.1, 0.15) is 0 Å². The fourth-order valence-electron chi connectivity index (χ4n) is 4.16. The molecule has 0 unspecified atom stereocenters. The Bertz CT molecular complexity index is 1190. The standard InChI is InChI=1S/C23H27ClN4O4S/c1-15-19(24)6-5-7-20(15)25-22(29)16(2)26-33(31,32)18-8-9-21-17(14-18)10-13-28(21)23(30)27-11-3-4-12-27/h5-9,14,16,26H,3-4,10-13H2,1-2H3,(H,25,29)/t16-/m0/s1. The van der Waals surface area contributed by atoms with E-state index in [1.54, 1.807) is 42.2 Å². The summed E-state index contributed by atoms with van der Waals surface area (Å²) in [6.45, 7) is 5.30. The monoisotopic (exact) mass is 490 g/mol. The van der Waals surface area contributed by atoms with Crippen LogP contribution in [0.3, 0.4) is 0 Å². The summed E-state index contributed by atoms with van der Waals surface area (Å²) in [5, 5.41) is 3.22. The number of amides is 3. The van der Waals surface area contributed by atoms with E-state index >= 15 is 0 Å². The van der Waals surface area contributed by atoms with Crippen LogP contribution >= 0.6 is 11.6 Å². The second-order valence-electron chi connectivity index (χ2n) is 8.41. The van der Waals surface area contributed by atoms with Crippen LogP contribution in [0.15, 0.2) is 41.3 Å². The number of sulfonamides is 1. The first kappa shape index (κ1) is 23.5. The molecule has 0 saturated carbocycles. The zero-order valence-corrected chi connectivity index (χ0v) is 20.2. The number of fused-ring (bicyclic) bond motifs is 1. The third-order valence-corrected chi connectivity index (χ3v) is 8.06. The summed E-state index contributed by atoms with van der Waals surface area (Å²) in [6, 6.07) is 8.83. The molecule has 0 radical (unpaired) electrons. The molecule has 8 nitrogen and oxygen atoms in total. The van der Waals surface area contributed by atoms with Gasteiger partial charge in [-0.15, -0.1) is 0 Å². The molecule has 0 aliphatic carbocycles. The highest BCUT2D eigenvalue weighted by Gasteiger charge is 2.31. The van der Waals surface area contributed by atoms with Crippen LogP contribution in [0.1, 0.15) is 30.9 Å². The zero-order chi connectivity index (χ0) is 23.8. The summed E-state index contributed by atoms with van der Waals surface area (Å²) in [6.07, 6.45) is 2.61. The smallest absolute Gasteiger partial charge is 0.324 e. The average Bonchev–Trinajstić information content (AvgIpc) is 3.46. The van der Waals surface area contributed by atoms with Crippen molar-refractivity contribution in [1.29, 1.82) is 0 Å². The van der Waals surface area contributed by atoms with Crippen LogP contribution in [0, 0.1) is 6.92 Å². The largest absolute Gasteiger partial charge is 0.324 e. The maximum Gasteiger partial charge on any atom is 0.324 e. The molecule has 2 aliphatic heterocycles. The molecular weight excluding hydrogens is 464 g/mol. The normalized spacial score (nSPS) is 16.6. The first-order valence-corrected chi connectivity index (χ1v) is 12.8. The molecule has 176 valence electrons. The van der Waals surface area contributed by atoms with Crippen LogP contribution in [0.2, 0.25) is 5.02 Å². The van der Waals surface area contributed by atoms with Gasteiger partial charge in [-0.3, -0.25) is 9.69 Å². The lowest BCUT2D eigenvalue weighted by molar-refractivity contribution is -0.117. The lowest BCUT2D eigenvalue weighted by atomic mass is 10.2. The van der Waals surface area contributed by atoms with Crippen molar-refractivity contribution in [2.75, 3.05) is 29.9 Å². The number of likely N-dealkylation sites (tertiary alicyclic amines) is 1. The number of benzene rings is 2. The van der Waals surface area contributed by atoms with E-state index in [0.717, 1.165) is 37.2 Å². The van der Waals surface area contributed by atoms with Crippen molar-refractivity contribution in [2.24, 2.45) is 0 Å². The zero-order valence-electron chi connectivity index (χ0n) is 18.6. The maximum atomic E-state index is 12.9. The number of anilines is 2. The molecule has 0 aromatic heterocycles. The van der Waals surface area contributed by atoms with Crippen molar-refractivity contribution >= 4 is 44.9 Å². The van der Waals surface area contributed by atoms with Gasteiger partial charge < -0.3 is 10.2 Å². The molecule has 0 bridgehead atoms. The minimum atomic E-state index is -3.94. The maximum absolute atomic E-state index is 12.9. The predicted octanol–water partition coefficient (Wildman–Crippen LogP) is 3.53. The van der Waals surface area contributed by atoms with Gasteiger partial charge in [0.25, 0.3) is 0 Å². The number of halogens is 1. The summed E-state index contributed by atoms with van der Waals surface area (Å²) in [5.74, 6) is -0.493. The van der Waals surface area contributed by atoms with Crippen LogP contribution in [0.4, 0.5) is 16.2 Å². The van der Waals surface area contributed by atoms with Crippen LogP contribution < -0.4 is 14.9 Å². The number of rotatable bonds is 5. The number of nitrogens with zero attached hydrogens (tertiary/aromatic N) is 2. The van der Waals surface area contributed by atoms with Gasteiger partial charge in [-0.25, -0.2) is 13.2 Å². The van der Waals surface area contributed by atoms with Gasteiger partial charge in [0.2, 0.25) is 15.9 Å². The van der Waals surface area contributed by atoms with Gasteiger partial charge in [-0.2, -0.15) is 4.72 Å². The van der Waals surface area contributed by atoms with Gasteiger partial charge in [0, 0.05) is 36.0 Å². The highest BCUT2D eigenvalue weighted by atomic mass is 35.5. The lowest BCUT2D eigenvalue weighted by Crippen LogP contribution is -2.41. The molecule has 1 saturated heterocycles. The highest BCUT2D eigenvalue weighted by Crippen LogP contribution is 2.31. The highest BCUT2D eigenvalue weighted by molar-refractivity contribution is 7.89. The van der Waals surface area contributed by atoms with Crippen molar-refractivity contribution in [3.63, 3.8) is 0 Å². The van der Waals surface area contributed by atoms with Crippen molar-refractivity contribution < 1.29 is 18.0 Å². The third kappa shape index (κ3) is 4.85. The SMILES string of the molecule is Cc1c(Cl)cccc1NC(=O)[C@H](C)NS(=O)(=O)c1ccc2c(c1)CCN2C(=O)N1CCCC1. The Labute approximate surface area is 198 Å². The average molecular weight is 491 g/mol.